The Labute approximate surface area is 124 Å². The lowest BCUT2D eigenvalue weighted by atomic mass is 10.2. The van der Waals surface area contributed by atoms with Crippen LogP contribution in [-0.4, -0.2) is 31.6 Å². The summed E-state index contributed by atoms with van der Waals surface area (Å²) in [4.78, 5) is 26.5. The summed E-state index contributed by atoms with van der Waals surface area (Å²) < 4.78 is 0. The van der Waals surface area contributed by atoms with Gasteiger partial charge in [-0.05, 0) is 23.6 Å². The summed E-state index contributed by atoms with van der Waals surface area (Å²) in [5.41, 5.74) is 7.17. The minimum atomic E-state index is -0.134. The van der Waals surface area contributed by atoms with Crippen LogP contribution in [0.5, 0.6) is 0 Å². The third kappa shape index (κ3) is 3.29. The molecule has 0 atom stereocenters. The second-order valence-electron chi connectivity index (χ2n) is 4.24. The van der Waals surface area contributed by atoms with Crippen molar-refractivity contribution in [1.82, 2.24) is 19.9 Å². The Morgan fingerprint density at radius 2 is 2.24 bits per heavy atom. The number of hydrogen-bond acceptors (Lipinski definition) is 6. The van der Waals surface area contributed by atoms with Crippen LogP contribution in [0, 0.1) is 0 Å². The second kappa shape index (κ2) is 5.80. The molecule has 2 heterocycles. The number of benzene rings is 1. The van der Waals surface area contributed by atoms with Gasteiger partial charge >= 0.3 is 0 Å². The average molecular weight is 300 g/mol. The van der Waals surface area contributed by atoms with E-state index in [1.807, 2.05) is 30.5 Å². The molecule has 0 saturated heterocycles. The number of anilines is 2. The number of thioether (sulfide) groups is 1. The summed E-state index contributed by atoms with van der Waals surface area (Å²) in [5.74, 6) is 0.210. The highest BCUT2D eigenvalue weighted by Crippen LogP contribution is 2.18. The molecule has 0 fully saturated rings. The first-order valence-corrected chi connectivity index (χ1v) is 7.13. The predicted octanol–water partition coefficient (Wildman–Crippen LogP) is 1.67. The maximum atomic E-state index is 11.9. The number of nitrogens with two attached hydrogens (primary N) is 1. The summed E-state index contributed by atoms with van der Waals surface area (Å²) in [6.07, 6.45) is 3.18. The summed E-state index contributed by atoms with van der Waals surface area (Å²) in [6.45, 7) is 0. The fraction of sp³-hybridized carbons (Fsp3) is 0.0769. The third-order valence-corrected chi connectivity index (χ3v) is 3.60. The molecule has 0 aliphatic heterocycles. The fourth-order valence-corrected chi connectivity index (χ4v) is 2.43. The van der Waals surface area contributed by atoms with E-state index in [9.17, 15) is 4.79 Å². The highest BCUT2D eigenvalue weighted by Gasteiger charge is 2.06. The predicted molar refractivity (Wildman–Crippen MR) is 81.9 cm³/mol. The summed E-state index contributed by atoms with van der Waals surface area (Å²) in [5, 5.41) is 4.35. The van der Waals surface area contributed by atoms with Crippen molar-refractivity contribution in [3.05, 3.63) is 36.8 Å². The van der Waals surface area contributed by atoms with E-state index < -0.39 is 0 Å². The van der Waals surface area contributed by atoms with Crippen LogP contribution in [0.3, 0.4) is 0 Å². The number of fused-ring (bicyclic) bond motifs is 1. The van der Waals surface area contributed by atoms with Gasteiger partial charge in [0.25, 0.3) is 0 Å². The summed E-state index contributed by atoms with van der Waals surface area (Å²) in [6, 6.07) is 7.67. The second-order valence-corrected chi connectivity index (χ2v) is 5.19. The van der Waals surface area contributed by atoms with Crippen molar-refractivity contribution in [2.45, 2.75) is 5.16 Å². The molecule has 0 aliphatic rings. The van der Waals surface area contributed by atoms with Crippen LogP contribution >= 0.6 is 11.8 Å². The monoisotopic (exact) mass is 300 g/mol. The minimum absolute atomic E-state index is 0.134. The third-order valence-electron chi connectivity index (χ3n) is 2.74. The number of hydrogen-bond donors (Lipinski definition) is 3. The Balaban J connectivity index is 1.60. The summed E-state index contributed by atoms with van der Waals surface area (Å²) >= 11 is 1.21. The molecule has 1 amide bonds. The molecule has 0 bridgehead atoms. The zero-order valence-electron chi connectivity index (χ0n) is 10.9. The molecule has 3 aromatic rings. The van der Waals surface area contributed by atoms with Crippen LogP contribution in [-0.2, 0) is 4.79 Å². The largest absolute Gasteiger partial charge is 0.368 e. The number of nitrogens with zero attached hydrogens (tertiary/aromatic N) is 3. The van der Waals surface area contributed by atoms with Gasteiger partial charge < -0.3 is 16.0 Å². The molecule has 21 heavy (non-hydrogen) atoms. The SMILES string of the molecule is Nc1ncnc(SCC(=O)Nc2ccc3cc[nH]c3c2)n1. The van der Waals surface area contributed by atoms with E-state index in [-0.39, 0.29) is 17.6 Å². The number of amides is 1. The molecule has 0 unspecified atom stereocenters. The van der Waals surface area contributed by atoms with Gasteiger partial charge in [0.2, 0.25) is 11.9 Å². The van der Waals surface area contributed by atoms with Crippen molar-refractivity contribution in [3.63, 3.8) is 0 Å². The number of carbonyl (C=O) groups is 1. The average Bonchev–Trinajstić information content (AvgIpc) is 2.93. The number of nitrogens with one attached hydrogen (secondary N) is 2. The highest BCUT2D eigenvalue weighted by molar-refractivity contribution is 7.99. The normalized spacial score (nSPS) is 10.7. The molecule has 0 spiro atoms. The summed E-state index contributed by atoms with van der Waals surface area (Å²) in [7, 11) is 0. The lowest BCUT2D eigenvalue weighted by molar-refractivity contribution is -0.113. The maximum Gasteiger partial charge on any atom is 0.234 e. The van der Waals surface area contributed by atoms with E-state index in [1.54, 1.807) is 0 Å². The van der Waals surface area contributed by atoms with Gasteiger partial charge in [-0.2, -0.15) is 4.98 Å². The van der Waals surface area contributed by atoms with Crippen molar-refractivity contribution < 1.29 is 4.79 Å². The van der Waals surface area contributed by atoms with Crippen molar-refractivity contribution in [2.75, 3.05) is 16.8 Å². The van der Waals surface area contributed by atoms with E-state index >= 15 is 0 Å². The molecule has 0 aliphatic carbocycles. The Bertz CT molecular complexity index is 787. The van der Waals surface area contributed by atoms with E-state index in [1.165, 1.54) is 18.1 Å². The molecular formula is C13H12N6OS. The molecule has 0 radical (unpaired) electrons. The zero-order chi connectivity index (χ0) is 14.7. The molecule has 2 aromatic heterocycles. The van der Waals surface area contributed by atoms with E-state index in [4.69, 9.17) is 5.73 Å². The van der Waals surface area contributed by atoms with E-state index in [0.717, 1.165) is 16.6 Å². The van der Waals surface area contributed by atoms with Crippen LogP contribution in [0.15, 0.2) is 41.9 Å². The lowest BCUT2D eigenvalue weighted by Gasteiger charge is -2.05. The number of aromatic nitrogens is 4. The topological polar surface area (TPSA) is 110 Å². The van der Waals surface area contributed by atoms with Gasteiger partial charge in [0, 0.05) is 17.4 Å². The molecule has 1 aromatic carbocycles. The van der Waals surface area contributed by atoms with E-state index in [0.29, 0.717) is 5.16 Å². The molecule has 7 nitrogen and oxygen atoms in total. The molecule has 8 heteroatoms. The van der Waals surface area contributed by atoms with Crippen molar-refractivity contribution in [3.8, 4) is 0 Å². The molecule has 3 rings (SSSR count). The van der Waals surface area contributed by atoms with Crippen molar-refractivity contribution in [2.24, 2.45) is 0 Å². The number of carbonyl (C=O) groups excluding carboxylic acids is 1. The van der Waals surface area contributed by atoms with Crippen molar-refractivity contribution >= 4 is 40.2 Å². The first-order valence-electron chi connectivity index (χ1n) is 6.15. The van der Waals surface area contributed by atoms with Crippen LogP contribution in [0.1, 0.15) is 0 Å². The Morgan fingerprint density at radius 3 is 3.10 bits per heavy atom. The Morgan fingerprint density at radius 1 is 1.33 bits per heavy atom. The van der Waals surface area contributed by atoms with Crippen molar-refractivity contribution in [1.29, 1.82) is 0 Å². The lowest BCUT2D eigenvalue weighted by Crippen LogP contribution is -2.14. The number of aromatic amines is 1. The first-order chi connectivity index (χ1) is 10.2. The van der Waals surface area contributed by atoms with Gasteiger partial charge in [-0.25, -0.2) is 9.97 Å². The van der Waals surface area contributed by atoms with Crippen LogP contribution in [0.25, 0.3) is 10.9 Å². The molecule has 106 valence electrons. The minimum Gasteiger partial charge on any atom is -0.368 e. The maximum absolute atomic E-state index is 11.9. The number of rotatable bonds is 4. The first kappa shape index (κ1) is 13.4. The van der Waals surface area contributed by atoms with E-state index in [2.05, 4.69) is 25.3 Å². The Hall–Kier alpha value is -2.61. The highest BCUT2D eigenvalue weighted by atomic mass is 32.2. The standard InChI is InChI=1S/C13H12N6OS/c14-12-16-7-17-13(19-12)21-6-11(20)18-9-2-1-8-3-4-15-10(8)5-9/h1-5,7,15H,6H2,(H,18,20)(H2,14,16,17,19). The zero-order valence-corrected chi connectivity index (χ0v) is 11.7. The smallest absolute Gasteiger partial charge is 0.234 e. The van der Waals surface area contributed by atoms with Gasteiger partial charge in [-0.1, -0.05) is 17.8 Å². The van der Waals surface area contributed by atoms with Crippen LogP contribution < -0.4 is 11.1 Å². The number of H-pyrrole nitrogens is 1. The van der Waals surface area contributed by atoms with Crippen LogP contribution in [0.4, 0.5) is 11.6 Å². The van der Waals surface area contributed by atoms with Gasteiger partial charge in [-0.3, -0.25) is 4.79 Å². The fourth-order valence-electron chi connectivity index (χ4n) is 1.82. The van der Waals surface area contributed by atoms with Gasteiger partial charge in [0.15, 0.2) is 5.16 Å². The quantitative estimate of drug-likeness (QED) is 0.632. The van der Waals surface area contributed by atoms with Crippen LogP contribution in [0.2, 0.25) is 0 Å². The Kier molecular flexibility index (Phi) is 3.69. The molecule has 4 N–H and O–H groups in total. The molecule has 0 saturated carbocycles. The van der Waals surface area contributed by atoms with Gasteiger partial charge in [-0.15, -0.1) is 0 Å². The number of nitrogen functional groups attached to an aromatic ring is 1. The van der Waals surface area contributed by atoms with Gasteiger partial charge in [0.1, 0.15) is 6.33 Å². The van der Waals surface area contributed by atoms with Gasteiger partial charge in [0.05, 0.1) is 5.75 Å². The molecular weight excluding hydrogens is 288 g/mol.